The molecular formula is C16H20N2O3. The lowest BCUT2D eigenvalue weighted by molar-refractivity contribution is -0.139. The smallest absolute Gasteiger partial charge is 0.320 e. The van der Waals surface area contributed by atoms with Gasteiger partial charge in [0.1, 0.15) is 0 Å². The third kappa shape index (κ3) is 2.73. The monoisotopic (exact) mass is 288 g/mol. The number of nitrogens with zero attached hydrogens (tertiary/aromatic N) is 2. The highest BCUT2D eigenvalue weighted by Gasteiger charge is 2.34. The zero-order valence-electron chi connectivity index (χ0n) is 12.0. The van der Waals surface area contributed by atoms with Crippen molar-refractivity contribution < 1.29 is 14.7 Å². The van der Waals surface area contributed by atoms with E-state index in [2.05, 4.69) is 0 Å². The van der Waals surface area contributed by atoms with Crippen LogP contribution in [-0.2, 0) is 11.3 Å². The molecule has 0 radical (unpaired) electrons. The van der Waals surface area contributed by atoms with Crippen molar-refractivity contribution in [2.45, 2.75) is 31.7 Å². The highest BCUT2D eigenvalue weighted by molar-refractivity contribution is 5.81. The Hall–Kier alpha value is -2.04. The molecule has 2 aliphatic rings. The largest absolute Gasteiger partial charge is 0.481 e. The Balaban J connectivity index is 1.82. The fourth-order valence-electron chi connectivity index (χ4n) is 3.25. The van der Waals surface area contributed by atoms with Crippen LogP contribution in [0.15, 0.2) is 24.3 Å². The van der Waals surface area contributed by atoms with E-state index < -0.39 is 11.9 Å². The first-order chi connectivity index (χ1) is 10.2. The summed E-state index contributed by atoms with van der Waals surface area (Å²) >= 11 is 0. The first kappa shape index (κ1) is 13.9. The molecule has 2 heterocycles. The molecule has 5 heteroatoms. The van der Waals surface area contributed by atoms with Gasteiger partial charge < -0.3 is 14.9 Å². The Labute approximate surface area is 124 Å². The molecule has 1 atom stereocenters. The van der Waals surface area contributed by atoms with Gasteiger partial charge >= 0.3 is 12.0 Å². The van der Waals surface area contributed by atoms with Gasteiger partial charge in [0.2, 0.25) is 0 Å². The first-order valence-electron chi connectivity index (χ1n) is 7.51. The fraction of sp³-hybridized carbons (Fsp3) is 0.500. The molecule has 1 aromatic carbocycles. The van der Waals surface area contributed by atoms with E-state index in [1.165, 1.54) is 6.42 Å². The highest BCUT2D eigenvalue weighted by atomic mass is 16.4. The van der Waals surface area contributed by atoms with Gasteiger partial charge in [0.15, 0.2) is 0 Å². The number of rotatable bonds is 1. The lowest BCUT2D eigenvalue weighted by atomic mass is 9.90. The molecule has 0 bridgehead atoms. The summed E-state index contributed by atoms with van der Waals surface area (Å²) in [6.45, 7) is 2.35. The van der Waals surface area contributed by atoms with E-state index in [0.29, 0.717) is 6.54 Å². The van der Waals surface area contributed by atoms with Crippen LogP contribution in [0, 0.1) is 0 Å². The minimum absolute atomic E-state index is 0.0181. The van der Waals surface area contributed by atoms with Crippen LogP contribution in [0.25, 0.3) is 0 Å². The van der Waals surface area contributed by atoms with Crippen molar-refractivity contribution in [2.75, 3.05) is 19.6 Å². The number of urea groups is 1. The summed E-state index contributed by atoms with van der Waals surface area (Å²) in [5.74, 6) is -1.48. The summed E-state index contributed by atoms with van der Waals surface area (Å²) in [6.07, 6.45) is 3.25. The lowest BCUT2D eigenvalue weighted by Crippen LogP contribution is -2.48. The van der Waals surface area contributed by atoms with Crippen molar-refractivity contribution >= 4 is 12.0 Å². The standard InChI is InChI=1S/C16H20N2O3/c19-15(20)14-11-18(10-12-6-2-3-7-13(12)14)16(21)17-8-4-1-5-9-17/h2-3,6-7,14H,1,4-5,8-11H2,(H,19,20). The normalized spacial score (nSPS) is 21.8. The van der Waals surface area contributed by atoms with Crippen molar-refractivity contribution in [3.8, 4) is 0 Å². The van der Waals surface area contributed by atoms with Crippen LogP contribution < -0.4 is 0 Å². The van der Waals surface area contributed by atoms with Crippen LogP contribution in [-0.4, -0.2) is 46.5 Å². The molecule has 1 unspecified atom stereocenters. The van der Waals surface area contributed by atoms with Gasteiger partial charge in [-0.15, -0.1) is 0 Å². The van der Waals surface area contributed by atoms with Crippen LogP contribution in [0.4, 0.5) is 4.79 Å². The summed E-state index contributed by atoms with van der Waals surface area (Å²) in [7, 11) is 0. The second-order valence-electron chi connectivity index (χ2n) is 5.80. The predicted molar refractivity (Wildman–Crippen MR) is 78.0 cm³/mol. The van der Waals surface area contributed by atoms with Crippen molar-refractivity contribution in [3.05, 3.63) is 35.4 Å². The molecule has 2 aliphatic heterocycles. The van der Waals surface area contributed by atoms with Crippen molar-refractivity contribution in [3.63, 3.8) is 0 Å². The SMILES string of the molecule is O=C(O)C1CN(C(=O)N2CCCCC2)Cc2ccccc21. The van der Waals surface area contributed by atoms with E-state index >= 15 is 0 Å². The van der Waals surface area contributed by atoms with E-state index in [4.69, 9.17) is 0 Å². The number of carboxylic acids is 1. The quantitative estimate of drug-likeness (QED) is 0.862. The molecule has 21 heavy (non-hydrogen) atoms. The number of carbonyl (C=O) groups excluding carboxylic acids is 1. The zero-order chi connectivity index (χ0) is 14.8. The number of hydrogen-bond acceptors (Lipinski definition) is 2. The van der Waals surface area contributed by atoms with Gasteiger partial charge in [-0.05, 0) is 30.4 Å². The average Bonchev–Trinajstić information content (AvgIpc) is 2.53. The summed E-state index contributed by atoms with van der Waals surface area (Å²) < 4.78 is 0. The molecule has 5 nitrogen and oxygen atoms in total. The lowest BCUT2D eigenvalue weighted by Gasteiger charge is -2.37. The summed E-state index contributed by atoms with van der Waals surface area (Å²) in [4.78, 5) is 27.6. The number of hydrogen-bond donors (Lipinski definition) is 1. The van der Waals surface area contributed by atoms with Crippen LogP contribution >= 0.6 is 0 Å². The number of carboxylic acid groups (broad SMARTS) is 1. The van der Waals surface area contributed by atoms with Crippen molar-refractivity contribution in [1.29, 1.82) is 0 Å². The molecule has 1 N–H and O–H groups in total. The van der Waals surface area contributed by atoms with E-state index in [-0.39, 0.29) is 12.6 Å². The van der Waals surface area contributed by atoms with Gasteiger partial charge in [-0.3, -0.25) is 4.79 Å². The molecule has 1 aromatic rings. The number of aliphatic carboxylic acids is 1. The van der Waals surface area contributed by atoms with Gasteiger partial charge in [0, 0.05) is 26.2 Å². The van der Waals surface area contributed by atoms with E-state index in [0.717, 1.165) is 37.1 Å². The third-order valence-corrected chi connectivity index (χ3v) is 4.39. The highest BCUT2D eigenvalue weighted by Crippen LogP contribution is 2.29. The number of fused-ring (bicyclic) bond motifs is 1. The van der Waals surface area contributed by atoms with E-state index in [1.54, 1.807) is 4.90 Å². The Kier molecular flexibility index (Phi) is 3.82. The topological polar surface area (TPSA) is 60.9 Å². The molecule has 2 amide bonds. The van der Waals surface area contributed by atoms with Gasteiger partial charge in [0.05, 0.1) is 5.92 Å². The second kappa shape index (κ2) is 5.76. The maximum atomic E-state index is 12.6. The third-order valence-electron chi connectivity index (χ3n) is 4.39. The molecule has 3 rings (SSSR count). The minimum Gasteiger partial charge on any atom is -0.481 e. The molecule has 0 saturated carbocycles. The zero-order valence-corrected chi connectivity index (χ0v) is 12.0. The molecule has 112 valence electrons. The minimum atomic E-state index is -0.862. The molecule has 1 saturated heterocycles. The Morgan fingerprint density at radius 3 is 2.48 bits per heavy atom. The molecular weight excluding hydrogens is 268 g/mol. The fourth-order valence-corrected chi connectivity index (χ4v) is 3.25. The van der Waals surface area contributed by atoms with Crippen LogP contribution in [0.1, 0.15) is 36.3 Å². The number of benzene rings is 1. The number of piperidine rings is 1. The first-order valence-corrected chi connectivity index (χ1v) is 7.51. The summed E-state index contributed by atoms with van der Waals surface area (Å²) in [5.41, 5.74) is 1.79. The van der Waals surface area contributed by atoms with Crippen molar-refractivity contribution in [1.82, 2.24) is 9.80 Å². The van der Waals surface area contributed by atoms with Crippen LogP contribution in [0.2, 0.25) is 0 Å². The number of amides is 2. The number of likely N-dealkylation sites (tertiary alicyclic amines) is 1. The molecule has 0 spiro atoms. The maximum absolute atomic E-state index is 12.6. The molecule has 0 aliphatic carbocycles. The summed E-state index contributed by atoms with van der Waals surface area (Å²) in [6, 6.07) is 7.51. The second-order valence-corrected chi connectivity index (χ2v) is 5.80. The predicted octanol–water partition coefficient (Wildman–Crippen LogP) is 2.28. The molecule has 0 aromatic heterocycles. The molecule has 1 fully saturated rings. The Morgan fingerprint density at radius 1 is 1.05 bits per heavy atom. The summed E-state index contributed by atoms with van der Waals surface area (Å²) in [5, 5.41) is 9.44. The van der Waals surface area contributed by atoms with Gasteiger partial charge in [0.25, 0.3) is 0 Å². The van der Waals surface area contributed by atoms with Gasteiger partial charge in [-0.2, -0.15) is 0 Å². The van der Waals surface area contributed by atoms with Crippen LogP contribution in [0.5, 0.6) is 0 Å². The maximum Gasteiger partial charge on any atom is 0.320 e. The number of carbonyl (C=O) groups is 2. The van der Waals surface area contributed by atoms with Gasteiger partial charge in [-0.1, -0.05) is 24.3 Å². The Bertz CT molecular complexity index is 552. The van der Waals surface area contributed by atoms with Gasteiger partial charge in [-0.25, -0.2) is 4.79 Å². The Morgan fingerprint density at radius 2 is 1.76 bits per heavy atom. The van der Waals surface area contributed by atoms with Crippen molar-refractivity contribution in [2.24, 2.45) is 0 Å². The average molecular weight is 288 g/mol. The van der Waals surface area contributed by atoms with E-state index in [9.17, 15) is 14.7 Å². The van der Waals surface area contributed by atoms with E-state index in [1.807, 2.05) is 29.2 Å². The van der Waals surface area contributed by atoms with Crippen LogP contribution in [0.3, 0.4) is 0 Å².